The Morgan fingerprint density at radius 3 is 3.21 bits per heavy atom. The highest BCUT2D eigenvalue weighted by Crippen LogP contribution is 2.31. The molecule has 0 bridgehead atoms. The van der Waals surface area contributed by atoms with E-state index in [1.165, 1.54) is 11.3 Å². The van der Waals surface area contributed by atoms with Crippen LogP contribution in [0.1, 0.15) is 17.9 Å². The summed E-state index contributed by atoms with van der Waals surface area (Å²) in [5.41, 5.74) is 1.32. The van der Waals surface area contributed by atoms with Crippen LogP contribution < -0.4 is 10.1 Å². The van der Waals surface area contributed by atoms with Crippen molar-refractivity contribution in [1.82, 2.24) is 5.32 Å². The van der Waals surface area contributed by atoms with Gasteiger partial charge in [0.25, 0.3) is 0 Å². The molecule has 2 rings (SSSR count). The molecule has 0 saturated carbocycles. The molecule has 2 nitrogen and oxygen atoms in total. The zero-order valence-corrected chi connectivity index (χ0v) is 9.14. The van der Waals surface area contributed by atoms with Crippen molar-refractivity contribution in [1.29, 1.82) is 0 Å². The highest BCUT2D eigenvalue weighted by Gasteiger charge is 2.16. The van der Waals surface area contributed by atoms with Crippen molar-refractivity contribution in [2.75, 3.05) is 18.9 Å². The second-order valence-corrected chi connectivity index (χ2v) is 4.42. The van der Waals surface area contributed by atoms with Crippen molar-refractivity contribution in [3.8, 4) is 5.75 Å². The fourth-order valence-corrected chi connectivity index (χ4v) is 2.62. The van der Waals surface area contributed by atoms with Crippen LogP contribution in [-0.4, -0.2) is 18.9 Å². The Kier molecular flexibility index (Phi) is 3.32. The number of nitrogens with one attached hydrogen (secondary N) is 1. The van der Waals surface area contributed by atoms with E-state index >= 15 is 0 Å². The molecule has 0 amide bonds. The summed E-state index contributed by atoms with van der Waals surface area (Å²) >= 11 is 1.96. The molecule has 0 aliphatic carbocycles. The predicted octanol–water partition coefficient (Wildman–Crippen LogP) is 2.42. The van der Waals surface area contributed by atoms with Gasteiger partial charge in [-0.25, -0.2) is 0 Å². The van der Waals surface area contributed by atoms with Gasteiger partial charge in [0.05, 0.1) is 12.0 Å². The molecule has 0 spiro atoms. The van der Waals surface area contributed by atoms with E-state index in [1.54, 1.807) is 0 Å². The normalized spacial score (nSPS) is 21.1. The predicted molar refractivity (Wildman–Crippen MR) is 60.8 cm³/mol. The maximum absolute atomic E-state index is 5.47. The van der Waals surface area contributed by atoms with Gasteiger partial charge in [-0.15, -0.1) is 11.8 Å². The summed E-state index contributed by atoms with van der Waals surface area (Å²) in [5.74, 6) is 2.17. The van der Waals surface area contributed by atoms with Crippen molar-refractivity contribution in [2.45, 2.75) is 12.3 Å². The first-order valence-corrected chi connectivity index (χ1v) is 6.03. The van der Waals surface area contributed by atoms with E-state index in [0.717, 1.165) is 18.9 Å². The van der Waals surface area contributed by atoms with Crippen LogP contribution in [0.5, 0.6) is 5.75 Å². The Balaban J connectivity index is 2.12. The Hall–Kier alpha value is -0.670. The zero-order chi connectivity index (χ0) is 9.80. The van der Waals surface area contributed by atoms with E-state index in [4.69, 9.17) is 4.74 Å². The molecule has 1 fully saturated rings. The summed E-state index contributed by atoms with van der Waals surface area (Å²) in [4.78, 5) is 0. The van der Waals surface area contributed by atoms with Crippen LogP contribution in [0.25, 0.3) is 0 Å². The molecule has 0 aromatic heterocycles. The second kappa shape index (κ2) is 4.71. The van der Waals surface area contributed by atoms with Crippen LogP contribution in [-0.2, 0) is 0 Å². The largest absolute Gasteiger partial charge is 0.494 e. The highest BCUT2D eigenvalue weighted by atomic mass is 32.2. The average Bonchev–Trinajstić information content (AvgIpc) is 2.71. The molecule has 1 heterocycles. The van der Waals surface area contributed by atoms with Crippen molar-refractivity contribution >= 4 is 11.8 Å². The summed E-state index contributed by atoms with van der Waals surface area (Å²) in [5, 5.41) is 3.90. The molecule has 14 heavy (non-hydrogen) atoms. The third kappa shape index (κ3) is 2.22. The quantitative estimate of drug-likeness (QED) is 0.826. The maximum Gasteiger partial charge on any atom is 0.119 e. The average molecular weight is 209 g/mol. The van der Waals surface area contributed by atoms with Gasteiger partial charge in [-0.3, -0.25) is 0 Å². The Morgan fingerprint density at radius 2 is 2.50 bits per heavy atom. The van der Waals surface area contributed by atoms with Crippen LogP contribution >= 0.6 is 11.8 Å². The Bertz CT molecular complexity index is 297. The molecule has 1 unspecified atom stereocenters. The van der Waals surface area contributed by atoms with Gasteiger partial charge >= 0.3 is 0 Å². The minimum atomic E-state index is 0.454. The lowest BCUT2D eigenvalue weighted by atomic mass is 10.2. The first-order chi connectivity index (χ1) is 6.90. The van der Waals surface area contributed by atoms with Crippen LogP contribution in [0.4, 0.5) is 0 Å². The van der Waals surface area contributed by atoms with Gasteiger partial charge in [-0.2, -0.15) is 0 Å². The maximum atomic E-state index is 5.47. The smallest absolute Gasteiger partial charge is 0.119 e. The molecule has 1 aromatic carbocycles. The van der Waals surface area contributed by atoms with Gasteiger partial charge < -0.3 is 10.1 Å². The lowest BCUT2D eigenvalue weighted by Crippen LogP contribution is -2.11. The van der Waals surface area contributed by atoms with Crippen molar-refractivity contribution in [3.63, 3.8) is 0 Å². The van der Waals surface area contributed by atoms with Gasteiger partial charge in [-0.1, -0.05) is 12.1 Å². The van der Waals surface area contributed by atoms with E-state index in [-0.39, 0.29) is 0 Å². The highest BCUT2D eigenvalue weighted by molar-refractivity contribution is 7.99. The summed E-state index contributed by atoms with van der Waals surface area (Å²) in [7, 11) is 0. The van der Waals surface area contributed by atoms with Gasteiger partial charge in [0.2, 0.25) is 0 Å². The fourth-order valence-electron chi connectivity index (χ4n) is 1.57. The molecule has 1 saturated heterocycles. The van der Waals surface area contributed by atoms with Crippen LogP contribution in [0.2, 0.25) is 0 Å². The number of rotatable bonds is 3. The van der Waals surface area contributed by atoms with Crippen LogP contribution in [0.3, 0.4) is 0 Å². The van der Waals surface area contributed by atoms with E-state index in [2.05, 4.69) is 23.5 Å². The molecular weight excluding hydrogens is 194 g/mol. The van der Waals surface area contributed by atoms with Crippen molar-refractivity contribution in [3.05, 3.63) is 29.8 Å². The first kappa shape index (κ1) is 9.87. The van der Waals surface area contributed by atoms with E-state index in [0.29, 0.717) is 5.37 Å². The minimum Gasteiger partial charge on any atom is -0.494 e. The summed E-state index contributed by atoms with van der Waals surface area (Å²) < 4.78 is 5.47. The molecular formula is C11H15NOS. The number of thioether (sulfide) groups is 1. The van der Waals surface area contributed by atoms with Gasteiger partial charge in [-0.05, 0) is 24.6 Å². The number of hydrogen-bond acceptors (Lipinski definition) is 3. The lowest BCUT2D eigenvalue weighted by Gasteiger charge is -2.11. The van der Waals surface area contributed by atoms with Crippen LogP contribution in [0.15, 0.2) is 24.3 Å². The molecule has 1 aliphatic heterocycles. The monoisotopic (exact) mass is 209 g/mol. The Labute approximate surface area is 89.0 Å². The molecule has 0 radical (unpaired) electrons. The molecule has 1 N–H and O–H groups in total. The SMILES string of the molecule is CCOc1cccc(C2NCCS2)c1. The summed E-state index contributed by atoms with van der Waals surface area (Å²) in [6, 6.07) is 8.34. The minimum absolute atomic E-state index is 0.454. The topological polar surface area (TPSA) is 21.3 Å². The van der Waals surface area contributed by atoms with Gasteiger partial charge in [0, 0.05) is 12.3 Å². The van der Waals surface area contributed by atoms with Gasteiger partial charge in [0.1, 0.15) is 5.75 Å². The second-order valence-electron chi connectivity index (χ2n) is 3.21. The molecule has 1 atom stereocenters. The van der Waals surface area contributed by atoms with Gasteiger partial charge in [0.15, 0.2) is 0 Å². The zero-order valence-electron chi connectivity index (χ0n) is 8.32. The number of hydrogen-bond donors (Lipinski definition) is 1. The Morgan fingerprint density at radius 1 is 1.57 bits per heavy atom. The third-order valence-electron chi connectivity index (χ3n) is 2.19. The lowest BCUT2D eigenvalue weighted by molar-refractivity contribution is 0.340. The summed E-state index contributed by atoms with van der Waals surface area (Å²) in [6.45, 7) is 3.85. The van der Waals surface area contributed by atoms with E-state index < -0.39 is 0 Å². The first-order valence-electron chi connectivity index (χ1n) is 4.98. The van der Waals surface area contributed by atoms with Crippen molar-refractivity contribution < 1.29 is 4.74 Å². The standard InChI is InChI=1S/C11H15NOS/c1-2-13-10-5-3-4-9(8-10)11-12-6-7-14-11/h3-5,8,11-12H,2,6-7H2,1H3. The van der Waals surface area contributed by atoms with Crippen molar-refractivity contribution in [2.24, 2.45) is 0 Å². The number of ether oxygens (including phenoxy) is 1. The number of benzene rings is 1. The third-order valence-corrected chi connectivity index (χ3v) is 3.40. The molecule has 1 aliphatic rings. The molecule has 3 heteroatoms. The van der Waals surface area contributed by atoms with Crippen LogP contribution in [0, 0.1) is 0 Å². The van der Waals surface area contributed by atoms with E-state index in [1.807, 2.05) is 24.8 Å². The van der Waals surface area contributed by atoms with E-state index in [9.17, 15) is 0 Å². The molecule has 76 valence electrons. The summed E-state index contributed by atoms with van der Waals surface area (Å²) in [6.07, 6.45) is 0. The fraction of sp³-hybridized carbons (Fsp3) is 0.455. The molecule has 1 aromatic rings.